The zero-order valence-corrected chi connectivity index (χ0v) is 15.7. The molecule has 0 saturated heterocycles. The molecule has 0 spiro atoms. The Hall–Kier alpha value is -0.209. The summed E-state index contributed by atoms with van der Waals surface area (Å²) < 4.78 is 12.8. The molecule has 5 heteroatoms. The van der Waals surface area contributed by atoms with E-state index in [0.717, 1.165) is 0 Å². The SMILES string of the molecule is C.C.C.C.C.C.C[Si](C)(C)O[Si](C)(C)O[Si](C)(C)c1ccccc1. The Morgan fingerprint density at radius 2 is 0.958 bits per heavy atom. The highest BCUT2D eigenvalue weighted by molar-refractivity contribution is 6.93. The van der Waals surface area contributed by atoms with Crippen LogP contribution in [0, 0.1) is 0 Å². The van der Waals surface area contributed by atoms with Crippen molar-refractivity contribution in [3.05, 3.63) is 30.3 Å². The van der Waals surface area contributed by atoms with Gasteiger partial charge in [-0.25, -0.2) is 0 Å². The Morgan fingerprint density at radius 3 is 1.29 bits per heavy atom. The summed E-state index contributed by atoms with van der Waals surface area (Å²) in [5, 5.41) is 1.34. The van der Waals surface area contributed by atoms with Gasteiger partial charge in [0.25, 0.3) is 0 Å². The zero-order valence-electron chi connectivity index (χ0n) is 12.7. The van der Waals surface area contributed by atoms with E-state index >= 15 is 0 Å². The first kappa shape index (κ1) is 39.0. The lowest BCUT2D eigenvalue weighted by Crippen LogP contribution is -2.56. The molecule has 150 valence electrons. The van der Waals surface area contributed by atoms with Crippen LogP contribution in [0.2, 0.25) is 45.8 Å². The Balaban J connectivity index is -0.000000135. The van der Waals surface area contributed by atoms with Crippen LogP contribution in [0.5, 0.6) is 0 Å². The van der Waals surface area contributed by atoms with Crippen molar-refractivity contribution in [1.82, 2.24) is 0 Å². The Morgan fingerprint density at radius 1 is 0.583 bits per heavy atom. The number of hydrogen-bond acceptors (Lipinski definition) is 2. The van der Waals surface area contributed by atoms with Crippen LogP contribution in [0.1, 0.15) is 44.6 Å². The summed E-state index contributed by atoms with van der Waals surface area (Å²) in [6.45, 7) is 15.5. The van der Waals surface area contributed by atoms with E-state index < -0.39 is 25.2 Å². The van der Waals surface area contributed by atoms with E-state index in [0.29, 0.717) is 0 Å². The van der Waals surface area contributed by atoms with E-state index in [4.69, 9.17) is 8.23 Å². The van der Waals surface area contributed by atoms with Gasteiger partial charge >= 0.3 is 8.56 Å². The number of rotatable bonds is 5. The molecule has 0 N–H and O–H groups in total. The van der Waals surface area contributed by atoms with Gasteiger partial charge in [0.2, 0.25) is 8.32 Å². The van der Waals surface area contributed by atoms with Crippen LogP contribution in [0.25, 0.3) is 0 Å². The maximum atomic E-state index is 6.48. The minimum atomic E-state index is -2.03. The van der Waals surface area contributed by atoms with E-state index in [1.165, 1.54) is 5.19 Å². The molecule has 0 atom stereocenters. The van der Waals surface area contributed by atoms with Crippen LogP contribution in [0.4, 0.5) is 0 Å². The molecule has 0 unspecified atom stereocenters. The third-order valence-corrected chi connectivity index (χ3v) is 12.7. The summed E-state index contributed by atoms with van der Waals surface area (Å²) in [5.41, 5.74) is 0. The Kier molecular flexibility index (Phi) is 22.8. The molecule has 1 aromatic rings. The predicted octanol–water partition coefficient (Wildman–Crippen LogP) is 7.49. The average molecular weight is 395 g/mol. The molecule has 0 heterocycles. The third kappa shape index (κ3) is 14.2. The Bertz CT molecular complexity index is 385. The van der Waals surface area contributed by atoms with Gasteiger partial charge in [0.15, 0.2) is 8.32 Å². The predicted molar refractivity (Wildman–Crippen MR) is 127 cm³/mol. The van der Waals surface area contributed by atoms with Gasteiger partial charge in [-0.3, -0.25) is 0 Å². The lowest BCUT2D eigenvalue weighted by Gasteiger charge is -2.37. The summed E-state index contributed by atoms with van der Waals surface area (Å²) in [7, 11) is -5.42. The third-order valence-electron chi connectivity index (χ3n) is 2.52. The molecule has 0 aromatic heterocycles. The molecule has 0 amide bonds. The fraction of sp³-hybridized carbons (Fsp3) is 0.684. The van der Waals surface area contributed by atoms with Crippen LogP contribution in [-0.4, -0.2) is 25.2 Å². The maximum absolute atomic E-state index is 6.48. The van der Waals surface area contributed by atoms with Gasteiger partial charge in [-0.15, -0.1) is 0 Å². The largest absolute Gasteiger partial charge is 0.437 e. The van der Waals surface area contributed by atoms with Crippen molar-refractivity contribution in [3.8, 4) is 0 Å². The Labute approximate surface area is 159 Å². The van der Waals surface area contributed by atoms with Crippen LogP contribution >= 0.6 is 0 Å². The summed E-state index contributed by atoms with van der Waals surface area (Å²) in [6.07, 6.45) is 0. The summed E-state index contributed by atoms with van der Waals surface area (Å²) in [4.78, 5) is 0. The maximum Gasteiger partial charge on any atom is 0.311 e. The van der Waals surface area contributed by atoms with Gasteiger partial charge in [0.05, 0.1) is 0 Å². The van der Waals surface area contributed by atoms with Gasteiger partial charge in [-0.1, -0.05) is 74.9 Å². The van der Waals surface area contributed by atoms with Crippen molar-refractivity contribution < 1.29 is 8.23 Å². The van der Waals surface area contributed by atoms with Crippen molar-refractivity contribution in [3.63, 3.8) is 0 Å². The van der Waals surface area contributed by atoms with Crippen LogP contribution in [0.15, 0.2) is 30.3 Å². The summed E-state index contributed by atoms with van der Waals surface area (Å²) >= 11 is 0. The fourth-order valence-electron chi connectivity index (χ4n) is 2.27. The normalized spacial score (nSPS) is 10.3. The first-order chi connectivity index (χ1) is 8.02. The zero-order chi connectivity index (χ0) is 14.0. The van der Waals surface area contributed by atoms with Gasteiger partial charge in [0.1, 0.15) is 0 Å². The highest BCUT2D eigenvalue weighted by Crippen LogP contribution is 2.20. The molecule has 0 aliphatic rings. The van der Waals surface area contributed by atoms with Crippen LogP contribution in [-0.2, 0) is 8.23 Å². The highest BCUT2D eigenvalue weighted by Gasteiger charge is 2.38. The van der Waals surface area contributed by atoms with Crippen molar-refractivity contribution in [2.45, 2.75) is 90.4 Å². The van der Waals surface area contributed by atoms with Crippen molar-refractivity contribution >= 4 is 30.4 Å². The van der Waals surface area contributed by atoms with E-state index in [1.54, 1.807) is 0 Å². The first-order valence-electron chi connectivity index (χ1n) is 6.48. The second kappa shape index (κ2) is 14.0. The standard InChI is InChI=1S/C13H26O2Si3.6CH4/c1-16(2,3)14-18(6,7)15-17(4,5)13-11-9-8-10-12-13;;;;;;/h8-12H,1-7H3;6*1H4. The van der Waals surface area contributed by atoms with Crippen LogP contribution < -0.4 is 5.19 Å². The first-order valence-corrected chi connectivity index (χ1v) is 15.6. The lowest BCUT2D eigenvalue weighted by atomic mass is 10.4. The van der Waals surface area contributed by atoms with E-state index in [-0.39, 0.29) is 44.6 Å². The van der Waals surface area contributed by atoms with E-state index in [9.17, 15) is 0 Å². The van der Waals surface area contributed by atoms with Gasteiger partial charge in [0, 0.05) is 0 Å². The van der Waals surface area contributed by atoms with Crippen molar-refractivity contribution in [2.24, 2.45) is 0 Å². The van der Waals surface area contributed by atoms with Gasteiger partial charge in [-0.05, 0) is 51.0 Å². The second-order valence-corrected chi connectivity index (χ2v) is 18.8. The van der Waals surface area contributed by atoms with Gasteiger partial charge in [-0.2, -0.15) is 0 Å². The van der Waals surface area contributed by atoms with Crippen LogP contribution in [0.3, 0.4) is 0 Å². The van der Waals surface area contributed by atoms with Crippen molar-refractivity contribution in [2.75, 3.05) is 0 Å². The molecular formula is C19H50O2Si3. The molecule has 24 heavy (non-hydrogen) atoms. The quantitative estimate of drug-likeness (QED) is 0.482. The monoisotopic (exact) mass is 394 g/mol. The lowest BCUT2D eigenvalue weighted by molar-refractivity contribution is 0.398. The smallest absolute Gasteiger partial charge is 0.311 e. The van der Waals surface area contributed by atoms with E-state index in [2.05, 4.69) is 76.2 Å². The van der Waals surface area contributed by atoms with E-state index in [1.807, 2.05) is 0 Å². The molecule has 1 rings (SSSR count). The molecule has 0 aliphatic heterocycles. The fourth-order valence-corrected chi connectivity index (χ4v) is 15.1. The summed E-state index contributed by atoms with van der Waals surface area (Å²) in [6, 6.07) is 10.6. The average Bonchev–Trinajstić information content (AvgIpc) is 2.13. The summed E-state index contributed by atoms with van der Waals surface area (Å²) in [5.74, 6) is 0. The minimum Gasteiger partial charge on any atom is -0.437 e. The van der Waals surface area contributed by atoms with Gasteiger partial charge < -0.3 is 8.23 Å². The molecular weight excluding hydrogens is 344 g/mol. The second-order valence-electron chi connectivity index (χ2n) is 6.59. The number of benzene rings is 1. The molecule has 0 aliphatic carbocycles. The molecule has 0 bridgehead atoms. The highest BCUT2D eigenvalue weighted by atomic mass is 28.5. The molecule has 0 radical (unpaired) electrons. The van der Waals surface area contributed by atoms with Crippen molar-refractivity contribution in [1.29, 1.82) is 0 Å². The molecule has 0 saturated carbocycles. The minimum absolute atomic E-state index is 0. The molecule has 0 fully saturated rings. The number of hydrogen-bond donors (Lipinski definition) is 0. The molecule has 1 aromatic carbocycles. The molecule has 2 nitrogen and oxygen atoms in total. The topological polar surface area (TPSA) is 18.5 Å².